The molecule has 1 N–H and O–H groups in total. The molecule has 0 aliphatic rings. The van der Waals surface area contributed by atoms with E-state index < -0.39 is 11.4 Å². The Morgan fingerprint density at radius 1 is 1.60 bits per heavy atom. The second kappa shape index (κ2) is 4.75. The predicted octanol–water partition coefficient (Wildman–Crippen LogP) is 2.75. The monoisotopic (exact) mass is 227 g/mol. The van der Waals surface area contributed by atoms with Crippen LogP contribution in [0.25, 0.3) is 0 Å². The van der Waals surface area contributed by atoms with Crippen molar-refractivity contribution in [1.82, 2.24) is 4.98 Å². The molecule has 0 amide bonds. The number of aromatic nitrogens is 1. The molecule has 15 heavy (non-hydrogen) atoms. The molecule has 0 saturated heterocycles. The fourth-order valence-electron chi connectivity index (χ4n) is 1.15. The van der Waals surface area contributed by atoms with E-state index in [1.807, 2.05) is 5.38 Å². The Morgan fingerprint density at radius 2 is 2.27 bits per heavy atom. The molecule has 1 aromatic heterocycles. The molecule has 3 nitrogen and oxygen atoms in total. The summed E-state index contributed by atoms with van der Waals surface area (Å²) in [5, 5.41) is 12.0. The van der Waals surface area contributed by atoms with Crippen LogP contribution in [0.3, 0.4) is 0 Å². The molecule has 0 fully saturated rings. The second-order valence-corrected chi connectivity index (χ2v) is 5.22. The second-order valence-electron chi connectivity index (χ2n) is 4.28. The van der Waals surface area contributed by atoms with E-state index in [0.29, 0.717) is 6.42 Å². The summed E-state index contributed by atoms with van der Waals surface area (Å²) in [5.74, 6) is -0.741. The highest BCUT2D eigenvalue weighted by Gasteiger charge is 2.26. The summed E-state index contributed by atoms with van der Waals surface area (Å²) in [4.78, 5) is 15.3. The van der Waals surface area contributed by atoms with E-state index in [0.717, 1.165) is 23.5 Å². The Hall–Kier alpha value is -0.900. The van der Waals surface area contributed by atoms with Crippen molar-refractivity contribution in [2.75, 3.05) is 0 Å². The summed E-state index contributed by atoms with van der Waals surface area (Å²) in [7, 11) is 0. The van der Waals surface area contributed by atoms with Crippen molar-refractivity contribution in [2.45, 2.75) is 40.0 Å². The topological polar surface area (TPSA) is 50.2 Å². The van der Waals surface area contributed by atoms with E-state index in [-0.39, 0.29) is 0 Å². The summed E-state index contributed by atoms with van der Waals surface area (Å²) in [5.41, 5.74) is 0.445. The first-order chi connectivity index (χ1) is 6.95. The summed E-state index contributed by atoms with van der Waals surface area (Å²) in [6.07, 6.45) is 2.34. The zero-order valence-electron chi connectivity index (χ0n) is 9.41. The zero-order valence-corrected chi connectivity index (χ0v) is 10.2. The van der Waals surface area contributed by atoms with Crippen LogP contribution in [0.1, 0.15) is 37.9 Å². The number of thiazole rings is 1. The number of hydrogen-bond acceptors (Lipinski definition) is 3. The van der Waals surface area contributed by atoms with Crippen LogP contribution in [-0.2, 0) is 17.6 Å². The highest BCUT2D eigenvalue weighted by Crippen LogP contribution is 2.24. The lowest BCUT2D eigenvalue weighted by atomic mass is 9.88. The first kappa shape index (κ1) is 12.2. The van der Waals surface area contributed by atoms with E-state index >= 15 is 0 Å². The highest BCUT2D eigenvalue weighted by molar-refractivity contribution is 7.09. The van der Waals surface area contributed by atoms with Crippen molar-refractivity contribution in [2.24, 2.45) is 5.41 Å². The predicted molar refractivity (Wildman–Crippen MR) is 61.2 cm³/mol. The fraction of sp³-hybridized carbons (Fsp3) is 0.636. The summed E-state index contributed by atoms with van der Waals surface area (Å²) >= 11 is 1.62. The minimum atomic E-state index is -0.741. The normalized spacial score (nSPS) is 11.7. The number of nitrogens with zero attached hydrogens (tertiary/aromatic N) is 1. The molecular formula is C11H17NO2S. The van der Waals surface area contributed by atoms with Gasteiger partial charge < -0.3 is 5.11 Å². The van der Waals surface area contributed by atoms with E-state index in [9.17, 15) is 4.79 Å². The number of carboxylic acids is 1. The third-order valence-corrected chi connectivity index (χ3v) is 3.46. The van der Waals surface area contributed by atoms with Gasteiger partial charge in [-0.2, -0.15) is 0 Å². The van der Waals surface area contributed by atoms with Crippen molar-refractivity contribution in [3.63, 3.8) is 0 Å². The summed E-state index contributed by atoms with van der Waals surface area (Å²) in [6.45, 7) is 5.58. The van der Waals surface area contributed by atoms with Crippen molar-refractivity contribution in [1.29, 1.82) is 0 Å². The standard InChI is InChI=1S/C11H17NO2S/c1-4-8-7-15-9(12-8)5-6-11(2,3)10(13)14/h7H,4-6H2,1-3H3,(H,13,14). The van der Waals surface area contributed by atoms with Crippen LogP contribution >= 0.6 is 11.3 Å². The van der Waals surface area contributed by atoms with E-state index in [1.54, 1.807) is 25.2 Å². The smallest absolute Gasteiger partial charge is 0.309 e. The third-order valence-electron chi connectivity index (χ3n) is 2.50. The average Bonchev–Trinajstić information content (AvgIpc) is 2.62. The lowest BCUT2D eigenvalue weighted by Crippen LogP contribution is -2.24. The van der Waals surface area contributed by atoms with E-state index in [4.69, 9.17) is 5.11 Å². The van der Waals surface area contributed by atoms with Crippen molar-refractivity contribution < 1.29 is 9.90 Å². The van der Waals surface area contributed by atoms with Gasteiger partial charge in [0.25, 0.3) is 0 Å². The summed E-state index contributed by atoms with van der Waals surface area (Å²) < 4.78 is 0. The first-order valence-electron chi connectivity index (χ1n) is 5.12. The van der Waals surface area contributed by atoms with Crippen LogP contribution in [0.4, 0.5) is 0 Å². The van der Waals surface area contributed by atoms with Gasteiger partial charge in [0, 0.05) is 11.8 Å². The van der Waals surface area contributed by atoms with Gasteiger partial charge in [-0.15, -0.1) is 11.3 Å². The zero-order chi connectivity index (χ0) is 11.5. The lowest BCUT2D eigenvalue weighted by Gasteiger charge is -2.17. The number of hydrogen-bond donors (Lipinski definition) is 1. The Labute approximate surface area is 94.2 Å². The van der Waals surface area contributed by atoms with Gasteiger partial charge in [-0.05, 0) is 26.7 Å². The van der Waals surface area contributed by atoms with E-state index in [2.05, 4.69) is 11.9 Å². The van der Waals surface area contributed by atoms with Gasteiger partial charge in [0.1, 0.15) is 0 Å². The van der Waals surface area contributed by atoms with Gasteiger partial charge in [-0.3, -0.25) is 4.79 Å². The first-order valence-corrected chi connectivity index (χ1v) is 6.00. The van der Waals surface area contributed by atoms with Crippen LogP contribution in [0.5, 0.6) is 0 Å². The van der Waals surface area contributed by atoms with Crippen molar-refractivity contribution >= 4 is 17.3 Å². The fourth-order valence-corrected chi connectivity index (χ4v) is 2.03. The molecule has 4 heteroatoms. The molecule has 0 aliphatic carbocycles. The van der Waals surface area contributed by atoms with Gasteiger partial charge in [-0.25, -0.2) is 4.98 Å². The largest absolute Gasteiger partial charge is 0.481 e. The Bertz CT molecular complexity index is 344. The number of aryl methyl sites for hydroxylation is 2. The molecule has 0 aromatic carbocycles. The van der Waals surface area contributed by atoms with Crippen LogP contribution in [0, 0.1) is 5.41 Å². The van der Waals surface area contributed by atoms with Gasteiger partial charge in [0.2, 0.25) is 0 Å². The molecule has 1 aromatic rings. The molecule has 1 heterocycles. The Balaban J connectivity index is 2.53. The van der Waals surface area contributed by atoms with E-state index in [1.165, 1.54) is 0 Å². The molecule has 0 spiro atoms. The molecule has 0 atom stereocenters. The minimum absolute atomic E-state index is 0.638. The van der Waals surface area contributed by atoms with Gasteiger partial charge in [-0.1, -0.05) is 6.92 Å². The third kappa shape index (κ3) is 3.30. The Morgan fingerprint density at radius 3 is 2.73 bits per heavy atom. The maximum Gasteiger partial charge on any atom is 0.309 e. The molecular weight excluding hydrogens is 210 g/mol. The quantitative estimate of drug-likeness (QED) is 0.841. The molecule has 84 valence electrons. The lowest BCUT2D eigenvalue weighted by molar-refractivity contribution is -0.147. The van der Waals surface area contributed by atoms with Crippen LogP contribution < -0.4 is 0 Å². The number of carboxylic acid groups (broad SMARTS) is 1. The maximum atomic E-state index is 10.9. The summed E-state index contributed by atoms with van der Waals surface area (Å²) in [6, 6.07) is 0. The number of aliphatic carboxylic acids is 1. The molecule has 0 bridgehead atoms. The van der Waals surface area contributed by atoms with Gasteiger partial charge in [0.05, 0.1) is 16.1 Å². The number of carbonyl (C=O) groups is 1. The van der Waals surface area contributed by atoms with Crippen molar-refractivity contribution in [3.05, 3.63) is 16.1 Å². The minimum Gasteiger partial charge on any atom is -0.481 e. The van der Waals surface area contributed by atoms with Gasteiger partial charge >= 0.3 is 5.97 Å². The van der Waals surface area contributed by atoms with Gasteiger partial charge in [0.15, 0.2) is 0 Å². The van der Waals surface area contributed by atoms with Crippen LogP contribution in [-0.4, -0.2) is 16.1 Å². The SMILES string of the molecule is CCc1csc(CCC(C)(C)C(=O)O)n1. The van der Waals surface area contributed by atoms with Crippen LogP contribution in [0.15, 0.2) is 5.38 Å². The van der Waals surface area contributed by atoms with Crippen molar-refractivity contribution in [3.8, 4) is 0 Å². The molecule has 0 saturated carbocycles. The molecule has 0 unspecified atom stereocenters. The molecule has 1 rings (SSSR count). The highest BCUT2D eigenvalue weighted by atomic mass is 32.1. The number of rotatable bonds is 5. The maximum absolute atomic E-state index is 10.9. The molecule has 0 aliphatic heterocycles. The Kier molecular flexibility index (Phi) is 3.85. The average molecular weight is 227 g/mol. The van der Waals surface area contributed by atoms with Crippen LogP contribution in [0.2, 0.25) is 0 Å². The molecule has 0 radical (unpaired) electrons.